The van der Waals surface area contributed by atoms with E-state index in [2.05, 4.69) is 10.3 Å². The van der Waals surface area contributed by atoms with Crippen LogP contribution < -0.4 is 14.8 Å². The van der Waals surface area contributed by atoms with Gasteiger partial charge in [0.05, 0.1) is 7.11 Å². The Hall–Kier alpha value is -3.35. The fourth-order valence-electron chi connectivity index (χ4n) is 2.92. The lowest BCUT2D eigenvalue weighted by Gasteiger charge is -2.12. The fraction of sp³-hybridized carbons (Fsp3) is 0.0833. The van der Waals surface area contributed by atoms with Crippen LogP contribution in [0.2, 0.25) is 5.02 Å². The fourth-order valence-corrected chi connectivity index (χ4v) is 3.91. The van der Waals surface area contributed by atoms with E-state index in [1.165, 1.54) is 11.3 Å². The van der Waals surface area contributed by atoms with Crippen molar-refractivity contribution < 1.29 is 14.3 Å². The number of para-hydroxylation sites is 1. The van der Waals surface area contributed by atoms with E-state index in [-0.39, 0.29) is 5.91 Å². The molecule has 0 radical (unpaired) electrons. The SMILES string of the molecule is COc1cc(-c2nc(C(=O)Nc3ccccc3)cs2)ccc1OCc1ccccc1Cl. The number of ether oxygens (including phenoxy) is 2. The molecule has 0 saturated heterocycles. The number of halogens is 1. The van der Waals surface area contributed by atoms with Crippen molar-refractivity contribution in [1.82, 2.24) is 4.98 Å². The van der Waals surface area contributed by atoms with Gasteiger partial charge in [0.1, 0.15) is 17.3 Å². The lowest BCUT2D eigenvalue weighted by Crippen LogP contribution is -2.12. The lowest BCUT2D eigenvalue weighted by atomic mass is 10.2. The molecule has 31 heavy (non-hydrogen) atoms. The number of carbonyl (C=O) groups is 1. The van der Waals surface area contributed by atoms with Gasteiger partial charge in [-0.05, 0) is 36.4 Å². The van der Waals surface area contributed by atoms with Crippen LogP contribution in [0.4, 0.5) is 5.69 Å². The third-order valence-electron chi connectivity index (χ3n) is 4.52. The first-order valence-electron chi connectivity index (χ1n) is 9.50. The first kappa shape index (κ1) is 20.9. The summed E-state index contributed by atoms with van der Waals surface area (Å²) in [5, 5.41) is 5.95. The maximum absolute atomic E-state index is 12.5. The number of carbonyl (C=O) groups excluding carboxylic acids is 1. The smallest absolute Gasteiger partial charge is 0.275 e. The van der Waals surface area contributed by atoms with Gasteiger partial charge in [-0.3, -0.25) is 4.79 Å². The van der Waals surface area contributed by atoms with Gasteiger partial charge < -0.3 is 14.8 Å². The Bertz CT molecular complexity index is 1190. The highest BCUT2D eigenvalue weighted by Gasteiger charge is 2.14. The minimum Gasteiger partial charge on any atom is -0.493 e. The first-order valence-corrected chi connectivity index (χ1v) is 10.8. The molecule has 0 aliphatic rings. The maximum atomic E-state index is 12.5. The van der Waals surface area contributed by atoms with Crippen LogP contribution in [-0.2, 0) is 6.61 Å². The van der Waals surface area contributed by atoms with Crippen LogP contribution in [0.25, 0.3) is 10.6 Å². The molecule has 7 heteroatoms. The van der Waals surface area contributed by atoms with Gasteiger partial charge in [-0.15, -0.1) is 11.3 Å². The predicted octanol–water partition coefficient (Wildman–Crippen LogP) is 6.30. The molecule has 0 saturated carbocycles. The molecular weight excluding hydrogens is 432 g/mol. The molecule has 156 valence electrons. The topological polar surface area (TPSA) is 60.5 Å². The highest BCUT2D eigenvalue weighted by molar-refractivity contribution is 7.13. The van der Waals surface area contributed by atoms with Gasteiger partial charge in [-0.1, -0.05) is 48.0 Å². The normalized spacial score (nSPS) is 10.5. The Kier molecular flexibility index (Phi) is 6.50. The second-order valence-electron chi connectivity index (χ2n) is 6.60. The standard InChI is InChI=1S/C24H19ClN2O3S/c1-29-22-13-16(11-12-21(22)30-14-17-7-5-6-10-19(17)25)24-27-20(15-31-24)23(28)26-18-8-3-2-4-9-18/h2-13,15H,14H2,1H3,(H,26,28). The molecule has 1 amide bonds. The first-order chi connectivity index (χ1) is 15.1. The van der Waals surface area contributed by atoms with Crippen LogP contribution in [-0.4, -0.2) is 18.0 Å². The molecule has 5 nitrogen and oxygen atoms in total. The van der Waals surface area contributed by atoms with E-state index >= 15 is 0 Å². The highest BCUT2D eigenvalue weighted by atomic mass is 35.5. The molecule has 1 heterocycles. The van der Waals surface area contributed by atoms with Crippen molar-refractivity contribution in [3.05, 3.63) is 94.5 Å². The van der Waals surface area contributed by atoms with Crippen molar-refractivity contribution in [3.8, 4) is 22.1 Å². The summed E-state index contributed by atoms with van der Waals surface area (Å²) >= 11 is 7.59. The van der Waals surface area contributed by atoms with Crippen LogP contribution in [0.3, 0.4) is 0 Å². The summed E-state index contributed by atoms with van der Waals surface area (Å²) in [5.74, 6) is 0.931. The van der Waals surface area contributed by atoms with Gasteiger partial charge in [0, 0.05) is 27.2 Å². The number of thiazole rings is 1. The Balaban J connectivity index is 1.49. The maximum Gasteiger partial charge on any atom is 0.275 e. The third kappa shape index (κ3) is 5.05. The molecule has 0 spiro atoms. The zero-order chi connectivity index (χ0) is 21.6. The highest BCUT2D eigenvalue weighted by Crippen LogP contribution is 2.34. The largest absolute Gasteiger partial charge is 0.493 e. The van der Waals surface area contributed by atoms with Gasteiger partial charge in [0.2, 0.25) is 0 Å². The summed E-state index contributed by atoms with van der Waals surface area (Å²) in [4.78, 5) is 16.9. The quantitative estimate of drug-likeness (QED) is 0.358. The van der Waals surface area contributed by atoms with Crippen molar-refractivity contribution in [3.63, 3.8) is 0 Å². The molecule has 1 aromatic heterocycles. The number of rotatable bonds is 7. The average Bonchev–Trinajstić information content (AvgIpc) is 3.30. The number of hydrogen-bond acceptors (Lipinski definition) is 5. The summed E-state index contributed by atoms with van der Waals surface area (Å²) in [6, 6.07) is 22.4. The van der Waals surface area contributed by atoms with E-state index in [0.29, 0.717) is 33.8 Å². The minimum atomic E-state index is -0.250. The second-order valence-corrected chi connectivity index (χ2v) is 7.87. The van der Waals surface area contributed by atoms with E-state index in [4.69, 9.17) is 21.1 Å². The molecule has 3 aromatic carbocycles. The summed E-state index contributed by atoms with van der Waals surface area (Å²) in [5.41, 5.74) is 2.82. The monoisotopic (exact) mass is 450 g/mol. The molecule has 4 aromatic rings. The number of nitrogens with zero attached hydrogens (tertiary/aromatic N) is 1. The number of amides is 1. The van der Waals surface area contributed by atoms with Gasteiger partial charge in [-0.2, -0.15) is 0 Å². The van der Waals surface area contributed by atoms with E-state index in [1.807, 2.05) is 72.8 Å². The van der Waals surface area contributed by atoms with Gasteiger partial charge in [0.15, 0.2) is 11.5 Å². The molecule has 4 rings (SSSR count). The van der Waals surface area contributed by atoms with Crippen LogP contribution in [0.5, 0.6) is 11.5 Å². The van der Waals surface area contributed by atoms with E-state index in [9.17, 15) is 4.79 Å². The molecule has 1 N–H and O–H groups in total. The lowest BCUT2D eigenvalue weighted by molar-refractivity contribution is 0.102. The Morgan fingerprint density at radius 3 is 2.58 bits per heavy atom. The van der Waals surface area contributed by atoms with Crippen molar-refractivity contribution in [1.29, 1.82) is 0 Å². The van der Waals surface area contributed by atoms with Gasteiger partial charge in [0.25, 0.3) is 5.91 Å². The number of anilines is 1. The third-order valence-corrected chi connectivity index (χ3v) is 5.78. The Labute approximate surface area is 189 Å². The zero-order valence-corrected chi connectivity index (χ0v) is 18.2. The number of benzene rings is 3. The van der Waals surface area contributed by atoms with Crippen LogP contribution in [0.15, 0.2) is 78.2 Å². The average molecular weight is 451 g/mol. The number of methoxy groups -OCH3 is 1. The van der Waals surface area contributed by atoms with Crippen molar-refractivity contribution in [2.75, 3.05) is 12.4 Å². The van der Waals surface area contributed by atoms with E-state index < -0.39 is 0 Å². The predicted molar refractivity (Wildman–Crippen MR) is 124 cm³/mol. The zero-order valence-electron chi connectivity index (χ0n) is 16.7. The Morgan fingerprint density at radius 2 is 1.81 bits per heavy atom. The molecule has 0 aliphatic carbocycles. The van der Waals surface area contributed by atoms with Crippen molar-refractivity contribution in [2.24, 2.45) is 0 Å². The van der Waals surface area contributed by atoms with Gasteiger partial charge >= 0.3 is 0 Å². The van der Waals surface area contributed by atoms with Crippen LogP contribution >= 0.6 is 22.9 Å². The number of nitrogens with one attached hydrogen (secondary N) is 1. The van der Waals surface area contributed by atoms with Gasteiger partial charge in [-0.25, -0.2) is 4.98 Å². The minimum absolute atomic E-state index is 0.250. The van der Waals surface area contributed by atoms with Crippen molar-refractivity contribution >= 4 is 34.5 Å². The summed E-state index contributed by atoms with van der Waals surface area (Å²) in [6.07, 6.45) is 0. The molecular formula is C24H19ClN2O3S. The van der Waals surface area contributed by atoms with Crippen LogP contribution in [0, 0.1) is 0 Å². The number of hydrogen-bond donors (Lipinski definition) is 1. The van der Waals surface area contributed by atoms with Crippen molar-refractivity contribution in [2.45, 2.75) is 6.61 Å². The Morgan fingerprint density at radius 1 is 1.03 bits per heavy atom. The number of aromatic nitrogens is 1. The van der Waals surface area contributed by atoms with E-state index in [0.717, 1.165) is 16.8 Å². The molecule has 0 aliphatic heterocycles. The second kappa shape index (κ2) is 9.64. The molecule has 0 unspecified atom stereocenters. The van der Waals surface area contributed by atoms with Crippen LogP contribution in [0.1, 0.15) is 16.1 Å². The summed E-state index contributed by atoms with van der Waals surface area (Å²) in [6.45, 7) is 0.330. The van der Waals surface area contributed by atoms with E-state index in [1.54, 1.807) is 12.5 Å². The molecule has 0 bridgehead atoms. The molecule has 0 atom stereocenters. The summed E-state index contributed by atoms with van der Waals surface area (Å²) < 4.78 is 11.4. The molecule has 0 fully saturated rings. The summed E-state index contributed by atoms with van der Waals surface area (Å²) in [7, 11) is 1.59.